The number of nitrogens with one attached hydrogen (secondary N) is 2. The zero-order valence-corrected chi connectivity index (χ0v) is 18.8. The number of anilines is 1. The van der Waals surface area contributed by atoms with Crippen molar-refractivity contribution in [3.05, 3.63) is 58.6 Å². The Labute approximate surface area is 176 Å². The molecule has 2 rings (SSSR count). The second kappa shape index (κ2) is 9.20. The number of amides is 1. The molecule has 0 spiro atoms. The Kier molecular flexibility index (Phi) is 7.42. The van der Waals surface area contributed by atoms with Gasteiger partial charge in [0, 0.05) is 28.3 Å². The van der Waals surface area contributed by atoms with E-state index >= 15 is 0 Å². The number of halogens is 1. The van der Waals surface area contributed by atoms with Gasteiger partial charge >= 0.3 is 0 Å². The summed E-state index contributed by atoms with van der Waals surface area (Å²) < 4.78 is 28.1. The van der Waals surface area contributed by atoms with Crippen molar-refractivity contribution < 1.29 is 13.2 Å². The van der Waals surface area contributed by atoms with Gasteiger partial charge in [-0.1, -0.05) is 50.1 Å². The predicted molar refractivity (Wildman–Crippen MR) is 118 cm³/mol. The summed E-state index contributed by atoms with van der Waals surface area (Å²) in [6, 6.07) is 11.2. The van der Waals surface area contributed by atoms with Crippen LogP contribution in [0.1, 0.15) is 36.7 Å². The second-order valence-corrected chi connectivity index (χ2v) is 11.3. The second-order valence-electron chi connectivity index (χ2n) is 7.33. The molecule has 28 heavy (non-hydrogen) atoms. The van der Waals surface area contributed by atoms with Crippen molar-refractivity contribution in [2.45, 2.75) is 37.3 Å². The molecule has 0 fully saturated rings. The molecule has 5 nitrogen and oxygen atoms in total. The number of carbonyl (C=O) groups excluding carboxylic acids is 1. The molecule has 0 bridgehead atoms. The van der Waals surface area contributed by atoms with Crippen molar-refractivity contribution in [1.82, 2.24) is 5.32 Å². The van der Waals surface area contributed by atoms with Crippen LogP contribution in [-0.2, 0) is 10.0 Å². The fraction of sp³-hybridized carbons (Fsp3) is 0.350. The Balaban J connectivity index is 2.13. The smallest absolute Gasteiger partial charge is 0.263 e. The lowest BCUT2D eigenvalue weighted by Crippen LogP contribution is -2.27. The van der Waals surface area contributed by atoms with Crippen LogP contribution in [0, 0.1) is 6.92 Å². The van der Waals surface area contributed by atoms with E-state index in [-0.39, 0.29) is 26.1 Å². The van der Waals surface area contributed by atoms with Crippen molar-refractivity contribution in [3.8, 4) is 0 Å². The van der Waals surface area contributed by atoms with Crippen molar-refractivity contribution in [3.63, 3.8) is 0 Å². The molecule has 0 aliphatic heterocycles. The van der Waals surface area contributed by atoms with Gasteiger partial charge in [-0.25, -0.2) is 8.42 Å². The third-order valence-electron chi connectivity index (χ3n) is 3.71. The fourth-order valence-electron chi connectivity index (χ4n) is 2.31. The van der Waals surface area contributed by atoms with Crippen molar-refractivity contribution in [2.75, 3.05) is 17.0 Å². The van der Waals surface area contributed by atoms with Gasteiger partial charge in [0.1, 0.15) is 4.90 Å². The molecule has 2 aromatic rings. The largest absolute Gasteiger partial charge is 0.351 e. The zero-order valence-electron chi connectivity index (χ0n) is 16.4. The molecule has 8 heteroatoms. The molecule has 0 saturated heterocycles. The molecule has 0 unspecified atom stereocenters. The first-order chi connectivity index (χ1) is 13.0. The van der Waals surface area contributed by atoms with Gasteiger partial charge in [-0.3, -0.25) is 9.52 Å². The van der Waals surface area contributed by atoms with Gasteiger partial charge in [0.2, 0.25) is 0 Å². The minimum absolute atomic E-state index is 0.0550. The topological polar surface area (TPSA) is 75.3 Å². The summed E-state index contributed by atoms with van der Waals surface area (Å²) in [6.45, 7) is 8.73. The fourth-order valence-corrected chi connectivity index (χ4v) is 4.71. The van der Waals surface area contributed by atoms with E-state index < -0.39 is 10.0 Å². The van der Waals surface area contributed by atoms with E-state index in [1.165, 1.54) is 18.2 Å². The monoisotopic (exact) mass is 440 g/mol. The summed E-state index contributed by atoms with van der Waals surface area (Å²) in [5.74, 6) is 0.432. The van der Waals surface area contributed by atoms with Gasteiger partial charge < -0.3 is 5.32 Å². The molecular weight excluding hydrogens is 416 g/mol. The number of sulfonamides is 1. The molecule has 152 valence electrons. The van der Waals surface area contributed by atoms with Crippen LogP contribution in [0.5, 0.6) is 0 Å². The highest BCUT2D eigenvalue weighted by Gasteiger charge is 2.20. The SMILES string of the molecule is Cc1ccc(NS(=O)(=O)c2cc(C(=O)NCCSC(C)(C)C)ccc2Cl)cc1. The lowest BCUT2D eigenvalue weighted by Gasteiger charge is -2.17. The summed E-state index contributed by atoms with van der Waals surface area (Å²) in [6.07, 6.45) is 0. The Bertz CT molecular complexity index is 937. The number of hydrogen-bond donors (Lipinski definition) is 2. The molecule has 0 heterocycles. The molecule has 0 radical (unpaired) electrons. The van der Waals surface area contributed by atoms with Crippen LogP contribution in [0.4, 0.5) is 5.69 Å². The summed E-state index contributed by atoms with van der Waals surface area (Å²) >= 11 is 7.84. The molecular formula is C20H25ClN2O3S2. The van der Waals surface area contributed by atoms with E-state index in [1.54, 1.807) is 36.0 Å². The van der Waals surface area contributed by atoms with E-state index in [0.29, 0.717) is 12.2 Å². The number of hydrogen-bond acceptors (Lipinski definition) is 4. The molecule has 0 atom stereocenters. The lowest BCUT2D eigenvalue weighted by atomic mass is 10.2. The molecule has 2 aromatic carbocycles. The Morgan fingerprint density at radius 3 is 2.36 bits per heavy atom. The zero-order chi connectivity index (χ0) is 20.9. The highest BCUT2D eigenvalue weighted by molar-refractivity contribution is 8.00. The van der Waals surface area contributed by atoms with Gasteiger partial charge in [-0.05, 0) is 37.3 Å². The molecule has 2 N–H and O–H groups in total. The van der Waals surface area contributed by atoms with Crippen molar-refractivity contribution in [1.29, 1.82) is 0 Å². The van der Waals surface area contributed by atoms with E-state index in [2.05, 4.69) is 30.8 Å². The molecule has 1 amide bonds. The summed E-state index contributed by atoms with van der Waals surface area (Å²) in [7, 11) is -3.92. The highest BCUT2D eigenvalue weighted by atomic mass is 35.5. The minimum Gasteiger partial charge on any atom is -0.351 e. The summed E-state index contributed by atoms with van der Waals surface area (Å²) in [5, 5.41) is 2.86. The Morgan fingerprint density at radius 2 is 1.75 bits per heavy atom. The third kappa shape index (κ3) is 6.72. The maximum Gasteiger partial charge on any atom is 0.263 e. The van der Waals surface area contributed by atoms with Crippen LogP contribution < -0.4 is 10.0 Å². The first-order valence-electron chi connectivity index (χ1n) is 8.79. The normalized spacial score (nSPS) is 11.9. The van der Waals surface area contributed by atoms with Gasteiger partial charge in [0.25, 0.3) is 15.9 Å². The Hall–Kier alpha value is -1.70. The lowest BCUT2D eigenvalue weighted by molar-refractivity contribution is 0.0956. The van der Waals surface area contributed by atoms with Gasteiger partial charge in [0.15, 0.2) is 0 Å². The van der Waals surface area contributed by atoms with Gasteiger partial charge in [-0.2, -0.15) is 11.8 Å². The number of aryl methyl sites for hydroxylation is 1. The van der Waals surface area contributed by atoms with Crippen molar-refractivity contribution >= 4 is 45.0 Å². The maximum atomic E-state index is 12.7. The van der Waals surface area contributed by atoms with E-state index in [9.17, 15) is 13.2 Å². The number of benzene rings is 2. The first-order valence-corrected chi connectivity index (χ1v) is 11.6. The van der Waals surface area contributed by atoms with Crippen LogP contribution in [0.15, 0.2) is 47.4 Å². The molecule has 0 aliphatic carbocycles. The van der Waals surface area contributed by atoms with Gasteiger partial charge in [-0.15, -0.1) is 0 Å². The van der Waals surface area contributed by atoms with Crippen molar-refractivity contribution in [2.24, 2.45) is 0 Å². The van der Waals surface area contributed by atoms with E-state index in [4.69, 9.17) is 11.6 Å². The molecule has 0 saturated carbocycles. The van der Waals surface area contributed by atoms with E-state index in [0.717, 1.165) is 11.3 Å². The number of thioether (sulfide) groups is 1. The van der Waals surface area contributed by atoms with Crippen LogP contribution in [-0.4, -0.2) is 31.4 Å². The van der Waals surface area contributed by atoms with Crippen LogP contribution in [0.3, 0.4) is 0 Å². The average molecular weight is 441 g/mol. The standard InChI is InChI=1S/C20H25ClN2O3S2/c1-14-5-8-16(9-6-14)23-28(25,26)18-13-15(7-10-17(18)21)19(24)22-11-12-27-20(2,3)4/h5-10,13,23H,11-12H2,1-4H3,(H,22,24). The van der Waals surface area contributed by atoms with E-state index in [1.807, 2.05) is 6.92 Å². The summed E-state index contributed by atoms with van der Waals surface area (Å²) in [5.41, 5.74) is 1.69. The van der Waals surface area contributed by atoms with Crippen LogP contribution in [0.2, 0.25) is 5.02 Å². The highest BCUT2D eigenvalue weighted by Crippen LogP contribution is 2.25. The number of carbonyl (C=O) groups is 1. The Morgan fingerprint density at radius 1 is 1.11 bits per heavy atom. The third-order valence-corrected chi connectivity index (χ3v) is 6.85. The maximum absolute atomic E-state index is 12.7. The predicted octanol–water partition coefficient (Wildman–Crippen LogP) is 4.71. The van der Waals surface area contributed by atoms with Gasteiger partial charge in [0.05, 0.1) is 5.02 Å². The average Bonchev–Trinajstić information content (AvgIpc) is 2.60. The molecule has 0 aromatic heterocycles. The van der Waals surface area contributed by atoms with Crippen LogP contribution >= 0.6 is 23.4 Å². The first kappa shape index (κ1) is 22.6. The minimum atomic E-state index is -3.92. The van der Waals surface area contributed by atoms with Crippen LogP contribution in [0.25, 0.3) is 0 Å². The summed E-state index contributed by atoms with van der Waals surface area (Å²) in [4.78, 5) is 12.2. The molecule has 0 aliphatic rings. The number of rotatable bonds is 7. The quantitative estimate of drug-likeness (QED) is 0.611.